The average Bonchev–Trinajstić information content (AvgIpc) is 3.58. The average molecular weight is 502 g/mol. The molecule has 9 nitrogen and oxygen atoms in total. The third kappa shape index (κ3) is 5.83. The number of carbonyl (C=O) groups excluding carboxylic acids is 2. The molecule has 3 atom stereocenters. The van der Waals surface area contributed by atoms with Crippen molar-refractivity contribution in [2.45, 2.75) is 57.4 Å². The van der Waals surface area contributed by atoms with Crippen LogP contribution in [0, 0.1) is 5.92 Å². The Morgan fingerprint density at radius 1 is 1.19 bits per heavy atom. The number of benzene rings is 1. The molecule has 0 unspecified atom stereocenters. The SMILES string of the molecule is CCCCN(CCCO)C(=O)CN1C[C@H](c2ccc3c(c2)CCO3)[C@@H](C(=O)O)[C@@H]1CN1CCCC1=O. The van der Waals surface area contributed by atoms with Crippen molar-refractivity contribution in [3.8, 4) is 5.75 Å². The minimum atomic E-state index is -0.897. The van der Waals surface area contributed by atoms with Crippen LogP contribution >= 0.6 is 0 Å². The molecule has 3 heterocycles. The first-order chi connectivity index (χ1) is 17.4. The number of hydrogen-bond donors (Lipinski definition) is 2. The van der Waals surface area contributed by atoms with Crippen LogP contribution < -0.4 is 4.74 Å². The first-order valence-corrected chi connectivity index (χ1v) is 13.3. The number of carbonyl (C=O) groups is 3. The highest BCUT2D eigenvalue weighted by molar-refractivity contribution is 5.80. The number of aliphatic hydroxyl groups is 1. The summed E-state index contributed by atoms with van der Waals surface area (Å²) in [6.07, 6.45) is 4.42. The summed E-state index contributed by atoms with van der Waals surface area (Å²) in [5.41, 5.74) is 2.04. The number of likely N-dealkylation sites (tertiary alicyclic amines) is 2. The number of ether oxygens (including phenoxy) is 1. The minimum Gasteiger partial charge on any atom is -0.493 e. The third-order valence-corrected chi connectivity index (χ3v) is 7.81. The van der Waals surface area contributed by atoms with E-state index in [0.29, 0.717) is 52.2 Å². The molecule has 4 rings (SSSR count). The van der Waals surface area contributed by atoms with Gasteiger partial charge in [-0.1, -0.05) is 25.5 Å². The number of fused-ring (bicyclic) bond motifs is 1. The molecular weight excluding hydrogens is 462 g/mol. The van der Waals surface area contributed by atoms with E-state index in [0.717, 1.165) is 42.6 Å². The topological polar surface area (TPSA) is 111 Å². The Labute approximate surface area is 213 Å². The van der Waals surface area contributed by atoms with Crippen LogP contribution in [-0.2, 0) is 20.8 Å². The molecule has 3 aliphatic heterocycles. The highest BCUT2D eigenvalue weighted by atomic mass is 16.5. The number of unbranched alkanes of at least 4 members (excludes halogenated alkanes) is 1. The van der Waals surface area contributed by atoms with Crippen molar-refractivity contribution in [3.05, 3.63) is 29.3 Å². The fraction of sp³-hybridized carbons (Fsp3) is 0.667. The van der Waals surface area contributed by atoms with Gasteiger partial charge in [-0.15, -0.1) is 0 Å². The molecular formula is C27H39N3O6. The van der Waals surface area contributed by atoms with Gasteiger partial charge < -0.3 is 24.7 Å². The van der Waals surface area contributed by atoms with Crippen LogP contribution in [0.25, 0.3) is 0 Å². The van der Waals surface area contributed by atoms with E-state index in [9.17, 15) is 24.6 Å². The summed E-state index contributed by atoms with van der Waals surface area (Å²) in [6, 6.07) is 5.48. The van der Waals surface area contributed by atoms with Crippen LogP contribution in [-0.4, -0.2) is 101 Å². The van der Waals surface area contributed by atoms with Crippen LogP contribution in [0.15, 0.2) is 18.2 Å². The number of amides is 2. The third-order valence-electron chi connectivity index (χ3n) is 7.81. The first kappa shape index (κ1) is 26.4. The van der Waals surface area contributed by atoms with Crippen molar-refractivity contribution in [1.82, 2.24) is 14.7 Å². The molecule has 2 N–H and O–H groups in total. The molecule has 36 heavy (non-hydrogen) atoms. The second-order valence-corrected chi connectivity index (χ2v) is 10.2. The maximum atomic E-state index is 13.4. The molecule has 0 bridgehead atoms. The standard InChI is InChI=1S/C27H39N3O6/c1-2-3-10-28(12-5-13-31)25(33)18-30-16-21(19-7-8-23-20(15-19)9-14-36-23)26(27(34)35)22(30)17-29-11-4-6-24(29)32/h7-8,15,21-22,26,31H,2-6,9-14,16-18H2,1H3,(H,34,35)/t21-,22+,26-/m1/s1. The lowest BCUT2D eigenvalue weighted by atomic mass is 9.84. The highest BCUT2D eigenvalue weighted by Gasteiger charge is 2.48. The van der Waals surface area contributed by atoms with E-state index in [2.05, 4.69) is 13.0 Å². The molecule has 2 saturated heterocycles. The summed E-state index contributed by atoms with van der Waals surface area (Å²) in [6.45, 7) is 5.32. The quantitative estimate of drug-likeness (QED) is 0.449. The maximum absolute atomic E-state index is 13.4. The largest absolute Gasteiger partial charge is 0.493 e. The van der Waals surface area contributed by atoms with Crippen molar-refractivity contribution in [3.63, 3.8) is 0 Å². The lowest BCUT2D eigenvalue weighted by Gasteiger charge is -2.32. The van der Waals surface area contributed by atoms with Crippen LogP contribution in [0.2, 0.25) is 0 Å². The molecule has 0 aliphatic carbocycles. The number of carboxylic acids is 1. The molecule has 1 aromatic rings. The van der Waals surface area contributed by atoms with E-state index >= 15 is 0 Å². The number of carboxylic acid groups (broad SMARTS) is 1. The van der Waals surface area contributed by atoms with Gasteiger partial charge in [-0.25, -0.2) is 0 Å². The molecule has 9 heteroatoms. The van der Waals surface area contributed by atoms with Gasteiger partial charge in [0.2, 0.25) is 11.8 Å². The van der Waals surface area contributed by atoms with Gasteiger partial charge in [0.05, 0.1) is 19.1 Å². The number of nitrogens with zero attached hydrogens (tertiary/aromatic N) is 3. The van der Waals surface area contributed by atoms with Gasteiger partial charge in [0.15, 0.2) is 0 Å². The predicted octanol–water partition coefficient (Wildman–Crippen LogP) is 1.72. The fourth-order valence-corrected chi connectivity index (χ4v) is 5.86. The molecule has 0 spiro atoms. The van der Waals surface area contributed by atoms with Gasteiger partial charge in [-0.05, 0) is 36.5 Å². The minimum absolute atomic E-state index is 0.0184. The van der Waals surface area contributed by atoms with Crippen molar-refractivity contribution >= 4 is 17.8 Å². The number of aliphatic hydroxyl groups excluding tert-OH is 1. The Balaban J connectivity index is 1.60. The summed E-state index contributed by atoms with van der Waals surface area (Å²) in [5.74, 6) is -1.06. The second-order valence-electron chi connectivity index (χ2n) is 10.2. The van der Waals surface area contributed by atoms with E-state index in [-0.39, 0.29) is 30.9 Å². The summed E-state index contributed by atoms with van der Waals surface area (Å²) >= 11 is 0. The summed E-state index contributed by atoms with van der Waals surface area (Å²) in [7, 11) is 0. The van der Waals surface area contributed by atoms with E-state index in [1.807, 2.05) is 17.0 Å². The Morgan fingerprint density at radius 3 is 2.69 bits per heavy atom. The Bertz CT molecular complexity index is 945. The van der Waals surface area contributed by atoms with Crippen molar-refractivity contribution < 1.29 is 29.3 Å². The van der Waals surface area contributed by atoms with Crippen molar-refractivity contribution in [2.24, 2.45) is 5.92 Å². The van der Waals surface area contributed by atoms with Gasteiger partial charge >= 0.3 is 5.97 Å². The predicted molar refractivity (Wildman–Crippen MR) is 134 cm³/mol. The zero-order valence-electron chi connectivity index (χ0n) is 21.2. The molecule has 0 aromatic heterocycles. The lowest BCUT2D eigenvalue weighted by molar-refractivity contribution is -0.144. The zero-order valence-corrected chi connectivity index (χ0v) is 21.2. The second kappa shape index (κ2) is 12.1. The Hall–Kier alpha value is -2.65. The number of rotatable bonds is 12. The molecule has 2 amide bonds. The fourth-order valence-electron chi connectivity index (χ4n) is 5.86. The first-order valence-electron chi connectivity index (χ1n) is 13.3. The van der Waals surface area contributed by atoms with Crippen LogP contribution in [0.1, 0.15) is 56.1 Å². The van der Waals surface area contributed by atoms with Gasteiger partial charge in [-0.2, -0.15) is 0 Å². The lowest BCUT2D eigenvalue weighted by Crippen LogP contribution is -2.49. The van der Waals surface area contributed by atoms with Crippen LogP contribution in [0.5, 0.6) is 5.75 Å². The molecule has 0 saturated carbocycles. The molecule has 2 fully saturated rings. The molecule has 3 aliphatic rings. The molecule has 0 radical (unpaired) electrons. The summed E-state index contributed by atoms with van der Waals surface area (Å²) in [4.78, 5) is 44.0. The Morgan fingerprint density at radius 2 is 2.00 bits per heavy atom. The number of aliphatic carboxylic acids is 1. The van der Waals surface area contributed by atoms with Crippen molar-refractivity contribution in [2.75, 3.05) is 52.5 Å². The van der Waals surface area contributed by atoms with E-state index in [1.54, 1.807) is 9.80 Å². The van der Waals surface area contributed by atoms with Crippen LogP contribution in [0.3, 0.4) is 0 Å². The number of hydrogen-bond acceptors (Lipinski definition) is 6. The van der Waals surface area contributed by atoms with E-state index in [1.165, 1.54) is 0 Å². The molecule has 198 valence electrons. The van der Waals surface area contributed by atoms with E-state index < -0.39 is 17.9 Å². The van der Waals surface area contributed by atoms with Gasteiger partial charge in [-0.3, -0.25) is 19.3 Å². The summed E-state index contributed by atoms with van der Waals surface area (Å²) < 4.78 is 5.64. The normalized spacial score (nSPS) is 23.7. The monoisotopic (exact) mass is 501 g/mol. The zero-order chi connectivity index (χ0) is 25.7. The van der Waals surface area contributed by atoms with Gasteiger partial charge in [0.25, 0.3) is 0 Å². The van der Waals surface area contributed by atoms with Gasteiger partial charge in [0, 0.05) is 64.1 Å². The molecule has 1 aromatic carbocycles. The van der Waals surface area contributed by atoms with Crippen LogP contribution in [0.4, 0.5) is 0 Å². The maximum Gasteiger partial charge on any atom is 0.308 e. The summed E-state index contributed by atoms with van der Waals surface area (Å²) in [5, 5.41) is 19.7. The van der Waals surface area contributed by atoms with Crippen molar-refractivity contribution in [1.29, 1.82) is 0 Å². The highest BCUT2D eigenvalue weighted by Crippen LogP contribution is 2.40. The smallest absolute Gasteiger partial charge is 0.308 e. The Kier molecular flexibility index (Phi) is 8.85. The van der Waals surface area contributed by atoms with Gasteiger partial charge in [0.1, 0.15) is 5.75 Å². The van der Waals surface area contributed by atoms with E-state index in [4.69, 9.17) is 4.74 Å².